The first-order valence-electron chi connectivity index (χ1n) is 5.81. The zero-order valence-corrected chi connectivity index (χ0v) is 9.12. The number of aromatic nitrogens is 2. The van der Waals surface area contributed by atoms with E-state index in [2.05, 4.69) is 20.8 Å². The van der Waals surface area contributed by atoms with Crippen LogP contribution in [0.15, 0.2) is 12.4 Å². The van der Waals surface area contributed by atoms with Crippen LogP contribution < -0.4 is 10.6 Å². The summed E-state index contributed by atoms with van der Waals surface area (Å²) in [7, 11) is 0. The van der Waals surface area contributed by atoms with Crippen molar-refractivity contribution < 1.29 is 4.79 Å². The fourth-order valence-corrected chi connectivity index (χ4v) is 2.74. The standard InChI is InChI=1S/C11H16N4O/c16-10(15-8-6-13-14-7-8)9-5-11(9)1-3-12-4-2-11/h6-7,9,12H,1-5H2,(H,13,14)(H,15,16). The number of nitrogens with one attached hydrogen (secondary N) is 3. The van der Waals surface area contributed by atoms with E-state index in [0.717, 1.165) is 38.0 Å². The monoisotopic (exact) mass is 220 g/mol. The van der Waals surface area contributed by atoms with E-state index >= 15 is 0 Å². The third-order valence-electron chi connectivity index (χ3n) is 3.87. The molecular weight excluding hydrogens is 204 g/mol. The Balaban J connectivity index is 1.61. The second-order valence-corrected chi connectivity index (χ2v) is 4.85. The number of H-pyrrole nitrogens is 1. The quantitative estimate of drug-likeness (QED) is 0.688. The van der Waals surface area contributed by atoms with Gasteiger partial charge in [-0.15, -0.1) is 0 Å². The minimum Gasteiger partial charge on any atom is -0.323 e. The lowest BCUT2D eigenvalue weighted by Crippen LogP contribution is -2.31. The predicted molar refractivity (Wildman–Crippen MR) is 59.9 cm³/mol. The topological polar surface area (TPSA) is 69.8 Å². The van der Waals surface area contributed by atoms with Crippen molar-refractivity contribution in [2.75, 3.05) is 18.4 Å². The second-order valence-electron chi connectivity index (χ2n) is 4.85. The van der Waals surface area contributed by atoms with Crippen LogP contribution in [-0.2, 0) is 4.79 Å². The molecule has 2 fully saturated rings. The molecule has 2 heterocycles. The number of carbonyl (C=O) groups excluding carboxylic acids is 1. The molecule has 0 bridgehead atoms. The van der Waals surface area contributed by atoms with Gasteiger partial charge in [-0.3, -0.25) is 9.89 Å². The first-order valence-corrected chi connectivity index (χ1v) is 5.81. The van der Waals surface area contributed by atoms with Crippen molar-refractivity contribution in [2.24, 2.45) is 11.3 Å². The van der Waals surface area contributed by atoms with Crippen molar-refractivity contribution in [2.45, 2.75) is 19.3 Å². The Morgan fingerprint density at radius 2 is 2.31 bits per heavy atom. The van der Waals surface area contributed by atoms with Crippen LogP contribution in [0.4, 0.5) is 5.69 Å². The number of rotatable bonds is 2. The molecule has 1 saturated carbocycles. The molecule has 1 aliphatic heterocycles. The summed E-state index contributed by atoms with van der Waals surface area (Å²) in [6.45, 7) is 2.10. The molecule has 1 spiro atoms. The summed E-state index contributed by atoms with van der Waals surface area (Å²) in [5.41, 5.74) is 1.07. The van der Waals surface area contributed by atoms with Gasteiger partial charge in [-0.2, -0.15) is 5.10 Å². The zero-order valence-electron chi connectivity index (χ0n) is 9.12. The van der Waals surface area contributed by atoms with E-state index < -0.39 is 0 Å². The number of carbonyl (C=O) groups is 1. The Bertz CT molecular complexity index is 381. The summed E-state index contributed by atoms with van der Waals surface area (Å²) in [4.78, 5) is 12.0. The lowest BCUT2D eigenvalue weighted by Gasteiger charge is -2.23. The maximum absolute atomic E-state index is 12.0. The van der Waals surface area contributed by atoms with Gasteiger partial charge in [0.15, 0.2) is 0 Å². The molecule has 1 amide bonds. The number of hydrogen-bond acceptors (Lipinski definition) is 3. The van der Waals surface area contributed by atoms with Gasteiger partial charge in [0.2, 0.25) is 5.91 Å². The molecule has 0 aromatic carbocycles. The molecule has 3 N–H and O–H groups in total. The van der Waals surface area contributed by atoms with Gasteiger partial charge in [-0.05, 0) is 37.8 Å². The maximum atomic E-state index is 12.0. The summed E-state index contributed by atoms with van der Waals surface area (Å²) in [6, 6.07) is 0. The summed E-state index contributed by atoms with van der Waals surface area (Å²) in [5, 5.41) is 12.7. The molecule has 1 aromatic rings. The van der Waals surface area contributed by atoms with Gasteiger partial charge in [0.05, 0.1) is 11.9 Å². The van der Waals surface area contributed by atoms with E-state index in [0.29, 0.717) is 5.41 Å². The Labute approximate surface area is 94.0 Å². The van der Waals surface area contributed by atoms with E-state index in [-0.39, 0.29) is 11.8 Å². The van der Waals surface area contributed by atoms with Crippen LogP contribution in [0.3, 0.4) is 0 Å². The molecule has 5 nitrogen and oxygen atoms in total. The Morgan fingerprint density at radius 3 is 3.00 bits per heavy atom. The fraction of sp³-hybridized carbons (Fsp3) is 0.636. The van der Waals surface area contributed by atoms with Crippen LogP contribution in [-0.4, -0.2) is 29.2 Å². The van der Waals surface area contributed by atoms with Crippen LogP contribution in [0.5, 0.6) is 0 Å². The van der Waals surface area contributed by atoms with Crippen molar-refractivity contribution in [3.8, 4) is 0 Å². The van der Waals surface area contributed by atoms with E-state index in [1.807, 2.05) is 0 Å². The van der Waals surface area contributed by atoms with Crippen molar-refractivity contribution in [1.82, 2.24) is 15.5 Å². The van der Waals surface area contributed by atoms with E-state index in [1.54, 1.807) is 12.4 Å². The maximum Gasteiger partial charge on any atom is 0.228 e. The average Bonchev–Trinajstić information content (AvgIpc) is 2.76. The number of hydrogen-bond donors (Lipinski definition) is 3. The van der Waals surface area contributed by atoms with E-state index in [4.69, 9.17) is 0 Å². The number of aromatic amines is 1. The summed E-state index contributed by atoms with van der Waals surface area (Å²) >= 11 is 0. The number of piperidine rings is 1. The first kappa shape index (κ1) is 9.84. The van der Waals surface area contributed by atoms with Crippen molar-refractivity contribution >= 4 is 11.6 Å². The Hall–Kier alpha value is -1.36. The largest absolute Gasteiger partial charge is 0.323 e. The van der Waals surface area contributed by atoms with E-state index in [1.165, 1.54) is 0 Å². The average molecular weight is 220 g/mol. The van der Waals surface area contributed by atoms with Gasteiger partial charge >= 0.3 is 0 Å². The molecule has 1 saturated heterocycles. The van der Waals surface area contributed by atoms with Crippen LogP contribution in [0.2, 0.25) is 0 Å². The molecule has 1 atom stereocenters. The third kappa shape index (κ3) is 1.61. The number of amides is 1. The molecular formula is C11H16N4O. The summed E-state index contributed by atoms with van der Waals surface area (Å²) < 4.78 is 0. The molecule has 5 heteroatoms. The normalized spacial score (nSPS) is 26.6. The van der Waals surface area contributed by atoms with Gasteiger partial charge in [0.1, 0.15) is 0 Å². The van der Waals surface area contributed by atoms with Gasteiger partial charge in [0, 0.05) is 12.1 Å². The minimum absolute atomic E-state index is 0.156. The Kier molecular flexibility index (Phi) is 2.21. The highest BCUT2D eigenvalue weighted by Crippen LogP contribution is 2.58. The molecule has 1 unspecified atom stereocenters. The van der Waals surface area contributed by atoms with E-state index in [9.17, 15) is 4.79 Å². The van der Waals surface area contributed by atoms with Gasteiger partial charge in [-0.25, -0.2) is 0 Å². The summed E-state index contributed by atoms with van der Waals surface area (Å²) in [6.07, 6.45) is 6.66. The SMILES string of the molecule is O=C(Nc1cn[nH]c1)C1CC12CCNCC2. The molecule has 16 heavy (non-hydrogen) atoms. The lowest BCUT2D eigenvalue weighted by molar-refractivity contribution is -0.118. The van der Waals surface area contributed by atoms with Crippen molar-refractivity contribution in [3.05, 3.63) is 12.4 Å². The molecule has 1 aromatic heterocycles. The van der Waals surface area contributed by atoms with Crippen molar-refractivity contribution in [1.29, 1.82) is 0 Å². The molecule has 1 aliphatic carbocycles. The van der Waals surface area contributed by atoms with Crippen LogP contribution in [0, 0.1) is 11.3 Å². The molecule has 3 rings (SSSR count). The molecule has 86 valence electrons. The minimum atomic E-state index is 0.156. The van der Waals surface area contributed by atoms with Gasteiger partial charge in [0.25, 0.3) is 0 Å². The lowest BCUT2D eigenvalue weighted by atomic mass is 9.92. The second kappa shape index (κ2) is 3.59. The van der Waals surface area contributed by atoms with Crippen LogP contribution in [0.25, 0.3) is 0 Å². The highest BCUT2D eigenvalue weighted by atomic mass is 16.2. The van der Waals surface area contributed by atoms with Crippen LogP contribution in [0.1, 0.15) is 19.3 Å². The number of nitrogens with zero attached hydrogens (tertiary/aromatic N) is 1. The summed E-state index contributed by atoms with van der Waals surface area (Å²) in [5.74, 6) is 0.368. The van der Waals surface area contributed by atoms with Gasteiger partial charge < -0.3 is 10.6 Å². The smallest absolute Gasteiger partial charge is 0.228 e. The zero-order chi connectivity index (χ0) is 11.0. The third-order valence-corrected chi connectivity index (χ3v) is 3.87. The number of anilines is 1. The van der Waals surface area contributed by atoms with Gasteiger partial charge in [-0.1, -0.05) is 0 Å². The highest BCUT2D eigenvalue weighted by molar-refractivity contribution is 5.94. The molecule has 2 aliphatic rings. The fourth-order valence-electron chi connectivity index (χ4n) is 2.74. The first-order chi connectivity index (χ1) is 7.80. The highest BCUT2D eigenvalue weighted by Gasteiger charge is 2.57. The predicted octanol–water partition coefficient (Wildman–Crippen LogP) is 0.738. The van der Waals surface area contributed by atoms with Crippen LogP contribution >= 0.6 is 0 Å². The van der Waals surface area contributed by atoms with Crippen molar-refractivity contribution in [3.63, 3.8) is 0 Å². The Morgan fingerprint density at radius 1 is 1.50 bits per heavy atom. The molecule has 0 radical (unpaired) electrons.